The molecule has 0 aliphatic rings. The van der Waals surface area contributed by atoms with Gasteiger partial charge in [0.05, 0.1) is 18.1 Å². The molecule has 0 saturated heterocycles. The van der Waals surface area contributed by atoms with Crippen molar-refractivity contribution in [3.05, 3.63) is 65.6 Å². The summed E-state index contributed by atoms with van der Waals surface area (Å²) in [4.78, 5) is 15.8. The van der Waals surface area contributed by atoms with Crippen LogP contribution < -0.4 is 0 Å². The van der Waals surface area contributed by atoms with E-state index in [1.807, 2.05) is 0 Å². The Morgan fingerprint density at radius 1 is 1.04 bits per heavy atom. The maximum absolute atomic E-state index is 14.0. The number of halogens is 3. The van der Waals surface area contributed by atoms with Gasteiger partial charge in [-0.1, -0.05) is 12.1 Å². The Bertz CT molecular complexity index is 1130. The molecule has 0 aliphatic heterocycles. The SMILES string of the molecule is Oc1nc(-c2cn3ncnc3c(Cc3cccc(F)c3F)n2)ncc1F. The first-order chi connectivity index (χ1) is 12.5. The van der Waals surface area contributed by atoms with Gasteiger partial charge in [-0.2, -0.15) is 14.5 Å². The summed E-state index contributed by atoms with van der Waals surface area (Å²) in [7, 11) is 0. The predicted molar refractivity (Wildman–Crippen MR) is 82.6 cm³/mol. The second-order valence-corrected chi connectivity index (χ2v) is 5.36. The van der Waals surface area contributed by atoms with Crippen LogP contribution in [0.2, 0.25) is 0 Å². The zero-order chi connectivity index (χ0) is 18.3. The van der Waals surface area contributed by atoms with Crippen molar-refractivity contribution in [2.24, 2.45) is 0 Å². The Balaban J connectivity index is 1.85. The molecule has 0 fully saturated rings. The smallest absolute Gasteiger partial charge is 0.251 e. The average molecular weight is 358 g/mol. The van der Waals surface area contributed by atoms with Crippen molar-refractivity contribution < 1.29 is 18.3 Å². The normalized spacial score (nSPS) is 11.2. The molecule has 0 amide bonds. The molecule has 26 heavy (non-hydrogen) atoms. The fourth-order valence-electron chi connectivity index (χ4n) is 2.46. The van der Waals surface area contributed by atoms with Crippen molar-refractivity contribution in [1.82, 2.24) is 29.5 Å². The predicted octanol–water partition coefficient (Wildman–Crippen LogP) is 2.29. The van der Waals surface area contributed by atoms with Crippen molar-refractivity contribution in [2.75, 3.05) is 0 Å². The summed E-state index contributed by atoms with van der Waals surface area (Å²) in [6, 6.07) is 3.84. The molecule has 1 N–H and O–H groups in total. The topological polar surface area (TPSA) is 89.1 Å². The van der Waals surface area contributed by atoms with Crippen LogP contribution in [0.15, 0.2) is 36.9 Å². The van der Waals surface area contributed by atoms with Gasteiger partial charge >= 0.3 is 0 Å². The van der Waals surface area contributed by atoms with Crippen LogP contribution in [0.4, 0.5) is 13.2 Å². The maximum atomic E-state index is 14.0. The summed E-state index contributed by atoms with van der Waals surface area (Å²) < 4.78 is 42.0. The maximum Gasteiger partial charge on any atom is 0.251 e. The molecule has 0 unspecified atom stereocenters. The first-order valence-corrected chi connectivity index (χ1v) is 7.37. The van der Waals surface area contributed by atoms with Gasteiger partial charge in [0.15, 0.2) is 23.1 Å². The Hall–Kier alpha value is -3.56. The van der Waals surface area contributed by atoms with Crippen LogP contribution in [0.1, 0.15) is 11.3 Å². The first kappa shape index (κ1) is 15.9. The molecule has 0 spiro atoms. The largest absolute Gasteiger partial charge is 0.491 e. The van der Waals surface area contributed by atoms with Gasteiger partial charge in [0, 0.05) is 6.42 Å². The van der Waals surface area contributed by atoms with Gasteiger partial charge in [-0.3, -0.25) is 0 Å². The summed E-state index contributed by atoms with van der Waals surface area (Å²) in [5, 5.41) is 13.4. The van der Waals surface area contributed by atoms with E-state index in [9.17, 15) is 18.3 Å². The third-order valence-corrected chi connectivity index (χ3v) is 3.68. The van der Waals surface area contributed by atoms with Crippen molar-refractivity contribution in [2.45, 2.75) is 6.42 Å². The lowest BCUT2D eigenvalue weighted by Gasteiger charge is -2.07. The summed E-state index contributed by atoms with van der Waals surface area (Å²) in [5.41, 5.74) is 0.869. The summed E-state index contributed by atoms with van der Waals surface area (Å²) in [5.74, 6) is -3.80. The molecule has 3 heterocycles. The number of fused-ring (bicyclic) bond motifs is 1. The van der Waals surface area contributed by atoms with Gasteiger partial charge in [0.25, 0.3) is 5.88 Å². The number of benzene rings is 1. The lowest BCUT2D eigenvalue weighted by Crippen LogP contribution is -2.05. The van der Waals surface area contributed by atoms with Gasteiger partial charge in [0.1, 0.15) is 12.0 Å². The monoisotopic (exact) mass is 358 g/mol. The fraction of sp³-hybridized carbons (Fsp3) is 0.0625. The number of rotatable bonds is 3. The molecule has 7 nitrogen and oxygen atoms in total. The number of nitrogens with zero attached hydrogens (tertiary/aromatic N) is 6. The van der Waals surface area contributed by atoms with Crippen molar-refractivity contribution in [3.63, 3.8) is 0 Å². The van der Waals surface area contributed by atoms with Gasteiger partial charge in [-0.05, 0) is 11.6 Å². The van der Waals surface area contributed by atoms with Crippen LogP contribution in [0.25, 0.3) is 17.2 Å². The molecule has 10 heteroatoms. The molecule has 0 radical (unpaired) electrons. The van der Waals surface area contributed by atoms with E-state index in [1.165, 1.54) is 29.2 Å². The second kappa shape index (κ2) is 6.06. The highest BCUT2D eigenvalue weighted by atomic mass is 19.2. The van der Waals surface area contributed by atoms with E-state index in [0.717, 1.165) is 12.3 Å². The quantitative estimate of drug-likeness (QED) is 0.604. The van der Waals surface area contributed by atoms with Crippen LogP contribution in [-0.4, -0.2) is 34.7 Å². The minimum atomic E-state index is -0.979. The fourth-order valence-corrected chi connectivity index (χ4v) is 2.46. The summed E-state index contributed by atoms with van der Waals surface area (Å²) in [6.07, 6.45) is 3.44. The minimum Gasteiger partial charge on any atom is -0.491 e. The van der Waals surface area contributed by atoms with Crippen molar-refractivity contribution in [3.8, 4) is 17.4 Å². The molecular formula is C16H9F3N6O. The number of hydrogen-bond donors (Lipinski definition) is 1. The molecule has 0 aliphatic carbocycles. The van der Waals surface area contributed by atoms with Crippen LogP contribution >= 0.6 is 0 Å². The van der Waals surface area contributed by atoms with Gasteiger partial charge < -0.3 is 5.11 Å². The highest BCUT2D eigenvalue weighted by molar-refractivity contribution is 5.55. The number of aromatic nitrogens is 6. The molecule has 3 aromatic heterocycles. The molecular weight excluding hydrogens is 349 g/mol. The van der Waals surface area contributed by atoms with E-state index in [0.29, 0.717) is 5.65 Å². The highest BCUT2D eigenvalue weighted by Crippen LogP contribution is 2.21. The second-order valence-electron chi connectivity index (χ2n) is 5.36. The van der Waals surface area contributed by atoms with E-state index >= 15 is 0 Å². The molecule has 1 aromatic carbocycles. The van der Waals surface area contributed by atoms with Gasteiger partial charge in [0.2, 0.25) is 5.82 Å². The highest BCUT2D eigenvalue weighted by Gasteiger charge is 2.16. The van der Waals surface area contributed by atoms with Crippen molar-refractivity contribution in [1.29, 1.82) is 0 Å². The third kappa shape index (κ3) is 2.70. The van der Waals surface area contributed by atoms with E-state index < -0.39 is 23.3 Å². The van der Waals surface area contributed by atoms with Crippen LogP contribution in [0, 0.1) is 17.5 Å². The average Bonchev–Trinajstić information content (AvgIpc) is 3.10. The number of hydrogen-bond acceptors (Lipinski definition) is 6. The zero-order valence-electron chi connectivity index (χ0n) is 12.9. The van der Waals surface area contributed by atoms with Crippen LogP contribution in [-0.2, 0) is 6.42 Å². The van der Waals surface area contributed by atoms with Crippen LogP contribution in [0.5, 0.6) is 5.88 Å². The standard InChI is InChI=1S/C16H9F3N6O/c17-9-3-1-2-8(13(9)19)4-11-15-21-7-22-25(15)6-12(23-11)14-20-5-10(18)16(26)24-14/h1-3,5-7H,4H2,(H,20,24,26). The third-order valence-electron chi connectivity index (χ3n) is 3.68. The summed E-state index contributed by atoms with van der Waals surface area (Å²) >= 11 is 0. The molecule has 0 saturated carbocycles. The first-order valence-electron chi connectivity index (χ1n) is 7.37. The van der Waals surface area contributed by atoms with E-state index in [4.69, 9.17) is 0 Å². The Morgan fingerprint density at radius 3 is 2.69 bits per heavy atom. The van der Waals surface area contributed by atoms with Crippen molar-refractivity contribution >= 4 is 5.65 Å². The zero-order valence-corrected chi connectivity index (χ0v) is 12.9. The van der Waals surface area contributed by atoms with Gasteiger partial charge in [-0.25, -0.2) is 28.2 Å². The molecule has 4 rings (SSSR count). The van der Waals surface area contributed by atoms with E-state index in [1.54, 1.807) is 0 Å². The van der Waals surface area contributed by atoms with Crippen LogP contribution in [0.3, 0.4) is 0 Å². The van der Waals surface area contributed by atoms with Gasteiger partial charge in [-0.15, -0.1) is 0 Å². The summed E-state index contributed by atoms with van der Waals surface area (Å²) in [6.45, 7) is 0. The van der Waals surface area contributed by atoms with E-state index in [2.05, 4.69) is 25.0 Å². The molecule has 130 valence electrons. The minimum absolute atomic E-state index is 0.0535. The molecule has 4 aromatic rings. The lowest BCUT2D eigenvalue weighted by molar-refractivity contribution is 0.409. The molecule has 0 bridgehead atoms. The number of aromatic hydroxyl groups is 1. The Morgan fingerprint density at radius 2 is 1.88 bits per heavy atom. The lowest BCUT2D eigenvalue weighted by atomic mass is 10.1. The van der Waals surface area contributed by atoms with E-state index in [-0.39, 0.29) is 29.2 Å². The Kier molecular flexibility index (Phi) is 3.72. The molecule has 0 atom stereocenters. The Labute approximate surface area is 143 Å².